The molecule has 86 valence electrons. The number of hydrogen-bond donors (Lipinski definition) is 1. The molecule has 3 aliphatic carbocycles. The molecule has 0 aliphatic heterocycles. The molecule has 1 N–H and O–H groups in total. The van der Waals surface area contributed by atoms with E-state index in [1.54, 1.807) is 0 Å². The second kappa shape index (κ2) is 4.21. The second-order valence-electron chi connectivity index (χ2n) is 5.54. The first-order valence-corrected chi connectivity index (χ1v) is 6.57. The van der Waals surface area contributed by atoms with Gasteiger partial charge in [0.2, 0.25) is 0 Å². The summed E-state index contributed by atoms with van der Waals surface area (Å²) in [6.07, 6.45) is 6.53. The minimum absolute atomic E-state index is 0.228. The Balaban J connectivity index is 1.78. The van der Waals surface area contributed by atoms with Crippen LogP contribution in [0.4, 0.5) is 0 Å². The van der Waals surface area contributed by atoms with E-state index in [9.17, 15) is 5.11 Å². The Labute approximate surface area is 97.5 Å². The van der Waals surface area contributed by atoms with Crippen LogP contribution in [-0.2, 0) is 0 Å². The van der Waals surface area contributed by atoms with Gasteiger partial charge in [-0.2, -0.15) is 0 Å². The molecule has 0 aromatic heterocycles. The molecule has 0 saturated heterocycles. The van der Waals surface area contributed by atoms with Crippen molar-refractivity contribution in [3.63, 3.8) is 0 Å². The van der Waals surface area contributed by atoms with E-state index in [0.717, 1.165) is 17.4 Å². The zero-order chi connectivity index (χ0) is 11.0. The van der Waals surface area contributed by atoms with Gasteiger partial charge in [-0.15, -0.1) is 0 Å². The Morgan fingerprint density at radius 1 is 1.00 bits per heavy atom. The minimum atomic E-state index is -0.228. The third kappa shape index (κ3) is 1.78. The normalized spacial score (nSPS) is 34.9. The zero-order valence-electron chi connectivity index (χ0n) is 9.68. The lowest BCUT2D eigenvalue weighted by Crippen LogP contribution is -2.34. The highest BCUT2D eigenvalue weighted by atomic mass is 16.3. The molecule has 3 aliphatic rings. The van der Waals surface area contributed by atoms with Crippen molar-refractivity contribution in [1.82, 2.24) is 0 Å². The number of aliphatic hydroxyl groups excluding tert-OH is 1. The fourth-order valence-electron chi connectivity index (χ4n) is 3.71. The lowest BCUT2D eigenvalue weighted by atomic mass is 9.62. The summed E-state index contributed by atoms with van der Waals surface area (Å²) < 4.78 is 0. The minimum Gasteiger partial charge on any atom is -0.388 e. The molecule has 1 aromatic rings. The fraction of sp³-hybridized carbons (Fsp3) is 0.600. The molecule has 3 fully saturated rings. The van der Waals surface area contributed by atoms with Crippen LogP contribution in [0.2, 0.25) is 0 Å². The molecule has 0 amide bonds. The standard InChI is InChI=1S/C15H20O/c16-15(13-4-2-1-3-5-13)14-10-11-6-8-12(14)9-7-11/h1-5,11-12,14-16H,6-10H2/t11?,12?,14-,15+/m1/s1. The molecule has 0 heterocycles. The summed E-state index contributed by atoms with van der Waals surface area (Å²) in [5, 5.41) is 10.5. The predicted molar refractivity (Wildman–Crippen MR) is 65.0 cm³/mol. The van der Waals surface area contributed by atoms with Crippen molar-refractivity contribution >= 4 is 0 Å². The van der Waals surface area contributed by atoms with Gasteiger partial charge in [-0.25, -0.2) is 0 Å². The van der Waals surface area contributed by atoms with Crippen LogP contribution in [-0.4, -0.2) is 5.11 Å². The monoisotopic (exact) mass is 216 g/mol. The number of aliphatic hydroxyl groups is 1. The SMILES string of the molecule is O[C@@H](c1ccccc1)[C@@H]1CC2CCC1CC2. The maximum atomic E-state index is 10.5. The van der Waals surface area contributed by atoms with E-state index < -0.39 is 0 Å². The van der Waals surface area contributed by atoms with Gasteiger partial charge in [0.05, 0.1) is 6.10 Å². The third-order valence-corrected chi connectivity index (χ3v) is 4.65. The Bertz CT molecular complexity index is 338. The van der Waals surface area contributed by atoms with E-state index >= 15 is 0 Å². The first-order chi connectivity index (χ1) is 7.84. The van der Waals surface area contributed by atoms with Crippen molar-refractivity contribution in [2.24, 2.45) is 17.8 Å². The average Bonchev–Trinajstić information content (AvgIpc) is 2.40. The van der Waals surface area contributed by atoms with E-state index in [1.807, 2.05) is 18.2 Å². The topological polar surface area (TPSA) is 20.2 Å². The summed E-state index contributed by atoms with van der Waals surface area (Å²) in [6.45, 7) is 0. The van der Waals surface area contributed by atoms with Gasteiger partial charge in [0.1, 0.15) is 0 Å². The molecule has 0 unspecified atom stereocenters. The Kier molecular flexibility index (Phi) is 2.72. The molecule has 4 rings (SSSR count). The molecule has 2 bridgehead atoms. The lowest BCUT2D eigenvalue weighted by molar-refractivity contribution is -0.00485. The van der Waals surface area contributed by atoms with Crippen molar-refractivity contribution < 1.29 is 5.11 Å². The van der Waals surface area contributed by atoms with Crippen molar-refractivity contribution in [1.29, 1.82) is 0 Å². The van der Waals surface area contributed by atoms with E-state index in [2.05, 4.69) is 12.1 Å². The first kappa shape index (κ1) is 10.3. The molecule has 0 radical (unpaired) electrons. The number of hydrogen-bond acceptors (Lipinski definition) is 1. The lowest BCUT2D eigenvalue weighted by Gasteiger charge is -2.44. The summed E-state index contributed by atoms with van der Waals surface area (Å²) in [7, 11) is 0. The number of rotatable bonds is 2. The quantitative estimate of drug-likeness (QED) is 0.801. The number of benzene rings is 1. The van der Waals surface area contributed by atoms with Crippen LogP contribution in [0.15, 0.2) is 30.3 Å². The summed E-state index contributed by atoms with van der Waals surface area (Å²) in [6, 6.07) is 10.2. The number of fused-ring (bicyclic) bond motifs is 3. The van der Waals surface area contributed by atoms with E-state index in [-0.39, 0.29) is 6.10 Å². The smallest absolute Gasteiger partial charge is 0.0820 e. The van der Waals surface area contributed by atoms with Gasteiger partial charge >= 0.3 is 0 Å². The van der Waals surface area contributed by atoms with Gasteiger partial charge in [0, 0.05) is 0 Å². The van der Waals surface area contributed by atoms with E-state index in [0.29, 0.717) is 5.92 Å². The largest absolute Gasteiger partial charge is 0.388 e. The van der Waals surface area contributed by atoms with Gasteiger partial charge < -0.3 is 5.11 Å². The summed E-state index contributed by atoms with van der Waals surface area (Å²) in [4.78, 5) is 0. The van der Waals surface area contributed by atoms with Crippen molar-refractivity contribution in [2.75, 3.05) is 0 Å². The van der Waals surface area contributed by atoms with Crippen LogP contribution >= 0.6 is 0 Å². The predicted octanol–water partition coefficient (Wildman–Crippen LogP) is 3.55. The molecule has 16 heavy (non-hydrogen) atoms. The molecule has 3 saturated carbocycles. The third-order valence-electron chi connectivity index (χ3n) is 4.65. The maximum Gasteiger partial charge on any atom is 0.0820 e. The van der Waals surface area contributed by atoms with E-state index in [1.165, 1.54) is 32.1 Å². The van der Waals surface area contributed by atoms with Gasteiger partial charge in [-0.1, -0.05) is 43.2 Å². The van der Waals surface area contributed by atoms with E-state index in [4.69, 9.17) is 0 Å². The Morgan fingerprint density at radius 2 is 1.69 bits per heavy atom. The van der Waals surface area contributed by atoms with Crippen LogP contribution in [0.3, 0.4) is 0 Å². The van der Waals surface area contributed by atoms with Crippen LogP contribution in [0, 0.1) is 17.8 Å². The van der Waals surface area contributed by atoms with Gasteiger partial charge in [-0.05, 0) is 42.6 Å². The summed E-state index contributed by atoms with van der Waals surface area (Å²) in [5.74, 6) is 2.20. The van der Waals surface area contributed by atoms with Crippen LogP contribution in [0.5, 0.6) is 0 Å². The van der Waals surface area contributed by atoms with Crippen LogP contribution < -0.4 is 0 Å². The molecular weight excluding hydrogens is 196 g/mol. The Morgan fingerprint density at radius 3 is 2.25 bits per heavy atom. The first-order valence-electron chi connectivity index (χ1n) is 6.57. The fourth-order valence-corrected chi connectivity index (χ4v) is 3.71. The second-order valence-corrected chi connectivity index (χ2v) is 5.54. The van der Waals surface area contributed by atoms with Gasteiger partial charge in [0.25, 0.3) is 0 Å². The highest BCUT2D eigenvalue weighted by Gasteiger charge is 2.39. The van der Waals surface area contributed by atoms with Crippen LogP contribution in [0.25, 0.3) is 0 Å². The van der Waals surface area contributed by atoms with Crippen molar-refractivity contribution in [2.45, 2.75) is 38.2 Å². The maximum absolute atomic E-state index is 10.5. The Hall–Kier alpha value is -0.820. The molecule has 1 aromatic carbocycles. The molecule has 1 heteroatoms. The highest BCUT2D eigenvalue weighted by Crippen LogP contribution is 2.49. The zero-order valence-corrected chi connectivity index (χ0v) is 9.68. The average molecular weight is 216 g/mol. The molecule has 2 atom stereocenters. The molecule has 1 nitrogen and oxygen atoms in total. The van der Waals surface area contributed by atoms with Crippen molar-refractivity contribution in [3.8, 4) is 0 Å². The van der Waals surface area contributed by atoms with Gasteiger partial charge in [0.15, 0.2) is 0 Å². The van der Waals surface area contributed by atoms with Crippen LogP contribution in [0.1, 0.15) is 43.8 Å². The van der Waals surface area contributed by atoms with Crippen molar-refractivity contribution in [3.05, 3.63) is 35.9 Å². The summed E-state index contributed by atoms with van der Waals surface area (Å²) in [5.41, 5.74) is 1.11. The molecular formula is C15H20O. The van der Waals surface area contributed by atoms with Gasteiger partial charge in [-0.3, -0.25) is 0 Å². The molecule has 0 spiro atoms. The summed E-state index contributed by atoms with van der Waals surface area (Å²) >= 11 is 0. The highest BCUT2D eigenvalue weighted by molar-refractivity contribution is 5.18.